The molecule has 0 aliphatic carbocycles. The number of amides is 1. The minimum atomic E-state index is -0.129. The van der Waals surface area contributed by atoms with E-state index in [-0.39, 0.29) is 43.1 Å². The second-order valence-corrected chi connectivity index (χ2v) is 10.1. The number of rotatable bonds is 8. The Hall–Kier alpha value is -2.74. The Morgan fingerprint density at radius 3 is 2.15 bits per heavy atom. The zero-order valence-electron chi connectivity index (χ0n) is 23.3. The van der Waals surface area contributed by atoms with Crippen molar-refractivity contribution in [3.8, 4) is 17.1 Å². The van der Waals surface area contributed by atoms with Crippen LogP contribution in [0, 0.1) is 13.8 Å². The molecule has 6 nitrogen and oxygen atoms in total. The van der Waals surface area contributed by atoms with Crippen LogP contribution in [-0.4, -0.2) is 59.6 Å². The zero-order chi connectivity index (χ0) is 26.5. The molecule has 2 heterocycles. The van der Waals surface area contributed by atoms with E-state index < -0.39 is 0 Å². The first-order chi connectivity index (χ1) is 18.5. The number of carbonyl (C=O) groups is 1. The van der Waals surface area contributed by atoms with Crippen molar-refractivity contribution in [1.82, 2.24) is 19.8 Å². The number of para-hydroxylation sites is 1. The molecule has 0 saturated carbocycles. The Kier molecular flexibility index (Phi) is 13.5. The van der Waals surface area contributed by atoms with Crippen LogP contribution in [0.1, 0.15) is 28.2 Å². The van der Waals surface area contributed by atoms with Crippen LogP contribution in [0.5, 0.6) is 0 Å². The van der Waals surface area contributed by atoms with E-state index in [4.69, 9.17) is 16.6 Å². The smallest absolute Gasteiger partial charge is 0.271 e. The highest BCUT2D eigenvalue weighted by Crippen LogP contribution is 2.28. The average Bonchev–Trinajstić information content (AvgIpc) is 3.31. The Balaban J connectivity index is 0.00000196. The monoisotopic (exact) mass is 635 g/mol. The van der Waals surface area contributed by atoms with Crippen molar-refractivity contribution in [2.24, 2.45) is 0 Å². The summed E-state index contributed by atoms with van der Waals surface area (Å²) in [4.78, 5) is 22.9. The minimum Gasteiger partial charge on any atom is -0.369 e. The lowest BCUT2D eigenvalue weighted by Gasteiger charge is -2.37. The molecule has 10 heteroatoms. The highest BCUT2D eigenvalue weighted by Gasteiger charge is 2.22. The van der Waals surface area contributed by atoms with Crippen molar-refractivity contribution >= 4 is 60.4 Å². The molecule has 5 rings (SSSR count). The van der Waals surface area contributed by atoms with Crippen LogP contribution in [0.15, 0.2) is 78.9 Å². The molecule has 1 saturated heterocycles. The fourth-order valence-corrected chi connectivity index (χ4v) is 5.30. The SMILES string of the molecule is Cc1c(Cl)cccc1N1CCN(CCCNC(=O)c2nc(-c3ccccc3)n(-c3ccccc3)c2C)CC1.Cl.Cl.Cl. The summed E-state index contributed by atoms with van der Waals surface area (Å²) < 4.78 is 2.06. The molecule has 0 atom stereocenters. The van der Waals surface area contributed by atoms with Crippen LogP contribution in [0.2, 0.25) is 5.02 Å². The number of hydrogen-bond donors (Lipinski definition) is 1. The summed E-state index contributed by atoms with van der Waals surface area (Å²) in [6.45, 7) is 9.57. The van der Waals surface area contributed by atoms with Gasteiger partial charge in [0, 0.05) is 54.7 Å². The third-order valence-electron chi connectivity index (χ3n) is 7.26. The van der Waals surface area contributed by atoms with E-state index in [1.165, 1.54) is 5.69 Å². The maximum atomic E-state index is 13.2. The second-order valence-electron chi connectivity index (χ2n) is 9.73. The molecule has 3 aromatic carbocycles. The lowest BCUT2D eigenvalue weighted by molar-refractivity contribution is 0.0946. The highest BCUT2D eigenvalue weighted by atomic mass is 35.5. The van der Waals surface area contributed by atoms with E-state index >= 15 is 0 Å². The number of aromatic nitrogens is 2. The molecule has 1 aromatic heterocycles. The molecule has 0 bridgehead atoms. The Morgan fingerprint density at radius 2 is 1.49 bits per heavy atom. The van der Waals surface area contributed by atoms with Crippen molar-refractivity contribution < 1.29 is 4.79 Å². The molecule has 0 spiro atoms. The summed E-state index contributed by atoms with van der Waals surface area (Å²) >= 11 is 6.32. The molecule has 41 heavy (non-hydrogen) atoms. The molecule has 1 fully saturated rings. The lowest BCUT2D eigenvalue weighted by Crippen LogP contribution is -2.47. The van der Waals surface area contributed by atoms with Crippen molar-refractivity contribution in [3.05, 3.63) is 101 Å². The Bertz CT molecular complexity index is 1390. The summed E-state index contributed by atoms with van der Waals surface area (Å²) in [5.74, 6) is 0.642. The fourth-order valence-electron chi connectivity index (χ4n) is 5.13. The summed E-state index contributed by atoms with van der Waals surface area (Å²) in [5, 5.41) is 3.92. The first-order valence-corrected chi connectivity index (χ1v) is 13.6. The number of benzene rings is 3. The van der Waals surface area contributed by atoms with Gasteiger partial charge in [-0.2, -0.15) is 0 Å². The normalized spacial score (nSPS) is 13.0. The lowest BCUT2D eigenvalue weighted by atomic mass is 10.1. The summed E-state index contributed by atoms with van der Waals surface area (Å²) in [5.41, 5.74) is 5.64. The van der Waals surface area contributed by atoms with Crippen molar-refractivity contribution in [2.45, 2.75) is 20.3 Å². The van der Waals surface area contributed by atoms with Gasteiger partial charge in [-0.3, -0.25) is 14.3 Å². The number of piperazine rings is 1. The van der Waals surface area contributed by atoms with Gasteiger partial charge in [0.2, 0.25) is 0 Å². The number of nitrogens with zero attached hydrogens (tertiary/aromatic N) is 4. The van der Waals surface area contributed by atoms with E-state index in [1.807, 2.05) is 79.7 Å². The fraction of sp³-hybridized carbons (Fsp3) is 0.290. The second kappa shape index (κ2) is 16.0. The number of anilines is 1. The molecule has 1 N–H and O–H groups in total. The average molecular weight is 637 g/mol. The van der Waals surface area contributed by atoms with Crippen LogP contribution in [0.4, 0.5) is 5.69 Å². The molecule has 0 unspecified atom stereocenters. The molecule has 4 aromatic rings. The van der Waals surface area contributed by atoms with Crippen molar-refractivity contribution in [1.29, 1.82) is 0 Å². The molecular weight excluding hydrogens is 600 g/mol. The van der Waals surface area contributed by atoms with Gasteiger partial charge in [-0.25, -0.2) is 4.98 Å². The van der Waals surface area contributed by atoms with Gasteiger partial charge < -0.3 is 10.2 Å². The van der Waals surface area contributed by atoms with Gasteiger partial charge >= 0.3 is 0 Å². The summed E-state index contributed by atoms with van der Waals surface area (Å²) in [6.07, 6.45) is 0.895. The predicted molar refractivity (Wildman–Crippen MR) is 177 cm³/mol. The van der Waals surface area contributed by atoms with Gasteiger partial charge in [0.1, 0.15) is 11.5 Å². The van der Waals surface area contributed by atoms with E-state index in [1.54, 1.807) is 0 Å². The molecule has 1 aliphatic rings. The highest BCUT2D eigenvalue weighted by molar-refractivity contribution is 6.31. The van der Waals surface area contributed by atoms with E-state index in [0.717, 1.165) is 72.5 Å². The van der Waals surface area contributed by atoms with Crippen LogP contribution in [0.3, 0.4) is 0 Å². The van der Waals surface area contributed by atoms with Gasteiger partial charge in [-0.05, 0) is 56.6 Å². The number of nitrogens with one attached hydrogen (secondary N) is 1. The number of hydrogen-bond acceptors (Lipinski definition) is 4. The first-order valence-electron chi connectivity index (χ1n) is 13.2. The van der Waals surface area contributed by atoms with Crippen molar-refractivity contribution in [2.75, 3.05) is 44.2 Å². The van der Waals surface area contributed by atoms with E-state index in [2.05, 4.69) is 32.7 Å². The summed E-state index contributed by atoms with van der Waals surface area (Å²) in [6, 6.07) is 26.2. The topological polar surface area (TPSA) is 53.4 Å². The van der Waals surface area contributed by atoms with Crippen molar-refractivity contribution in [3.63, 3.8) is 0 Å². The molecule has 220 valence electrons. The van der Waals surface area contributed by atoms with Crippen LogP contribution < -0.4 is 10.2 Å². The Morgan fingerprint density at radius 1 is 0.854 bits per heavy atom. The third kappa shape index (κ3) is 7.97. The summed E-state index contributed by atoms with van der Waals surface area (Å²) in [7, 11) is 0. The van der Waals surface area contributed by atoms with E-state index in [0.29, 0.717) is 12.2 Å². The Labute approximate surface area is 266 Å². The standard InChI is InChI=1S/C31H34ClN5O.3ClH/c1-23-27(32)15-9-16-28(23)36-21-19-35(20-22-36)18-10-17-33-31(38)29-24(2)37(26-13-7-4-8-14-26)30(34-29)25-11-5-3-6-12-25;;;/h3-9,11-16H,10,17-22H2,1-2H3,(H,33,38);3*1H. The van der Waals surface area contributed by atoms with Crippen LogP contribution >= 0.6 is 48.8 Å². The number of halogens is 4. The number of carbonyl (C=O) groups excluding carboxylic acids is 1. The molecular formula is C31H37Cl4N5O. The number of imidazole rings is 1. The predicted octanol–water partition coefficient (Wildman–Crippen LogP) is 7.02. The third-order valence-corrected chi connectivity index (χ3v) is 7.67. The van der Waals surface area contributed by atoms with Gasteiger partial charge in [0.15, 0.2) is 0 Å². The first kappa shape index (κ1) is 34.5. The molecule has 0 radical (unpaired) electrons. The molecule has 1 aliphatic heterocycles. The van der Waals surface area contributed by atoms with Gasteiger partial charge in [-0.15, -0.1) is 37.2 Å². The van der Waals surface area contributed by atoms with Gasteiger partial charge in [-0.1, -0.05) is 66.2 Å². The largest absolute Gasteiger partial charge is 0.369 e. The van der Waals surface area contributed by atoms with Crippen LogP contribution in [-0.2, 0) is 0 Å². The minimum absolute atomic E-state index is 0. The molecule has 1 amide bonds. The quantitative estimate of drug-likeness (QED) is 0.211. The van der Waals surface area contributed by atoms with Gasteiger partial charge in [0.05, 0.1) is 5.69 Å². The maximum Gasteiger partial charge on any atom is 0.271 e. The van der Waals surface area contributed by atoms with Crippen LogP contribution in [0.25, 0.3) is 17.1 Å². The zero-order valence-corrected chi connectivity index (χ0v) is 26.5. The maximum absolute atomic E-state index is 13.2. The van der Waals surface area contributed by atoms with E-state index in [9.17, 15) is 4.79 Å². The van der Waals surface area contributed by atoms with Gasteiger partial charge in [0.25, 0.3) is 5.91 Å².